The maximum atomic E-state index is 10.5. The van der Waals surface area contributed by atoms with Gasteiger partial charge in [-0.3, -0.25) is 4.79 Å². The molecule has 0 radical (unpaired) electrons. The minimum absolute atomic E-state index is 0.0892. The maximum Gasteiger partial charge on any atom is 0.312 e. The Labute approximate surface area is 103 Å². The normalized spacial score (nSPS) is 10.3. The van der Waals surface area contributed by atoms with Crippen molar-refractivity contribution < 1.29 is 19.2 Å². The molecule has 94 valence electrons. The molecule has 0 fully saturated rings. The summed E-state index contributed by atoms with van der Waals surface area (Å²) in [5, 5.41) is 12.3. The van der Waals surface area contributed by atoms with Crippen LogP contribution < -0.4 is 4.74 Å². The zero-order chi connectivity index (χ0) is 13.0. The number of carboxylic acid groups (broad SMARTS) is 1. The van der Waals surface area contributed by atoms with Crippen molar-refractivity contribution in [2.45, 2.75) is 13.3 Å². The lowest BCUT2D eigenvalue weighted by atomic mass is 10.2. The van der Waals surface area contributed by atoms with Gasteiger partial charge in [0.2, 0.25) is 11.7 Å². The fraction of sp³-hybridized carbons (Fsp3) is 0.250. The molecule has 0 amide bonds. The van der Waals surface area contributed by atoms with Crippen molar-refractivity contribution in [2.24, 2.45) is 0 Å². The van der Waals surface area contributed by atoms with Gasteiger partial charge >= 0.3 is 5.97 Å². The predicted octanol–water partition coefficient (Wildman–Crippen LogP) is 1.76. The first-order valence-electron chi connectivity index (χ1n) is 5.46. The van der Waals surface area contributed by atoms with E-state index >= 15 is 0 Å². The number of hydrogen-bond donors (Lipinski definition) is 1. The zero-order valence-electron chi connectivity index (χ0n) is 9.79. The maximum absolute atomic E-state index is 10.5. The molecule has 1 heterocycles. The van der Waals surface area contributed by atoms with Gasteiger partial charge in [0, 0.05) is 5.56 Å². The average Bonchev–Trinajstić information content (AvgIpc) is 2.78. The molecule has 0 unspecified atom stereocenters. The molecule has 0 saturated heterocycles. The number of rotatable bonds is 5. The molecule has 0 bridgehead atoms. The molecule has 18 heavy (non-hydrogen) atoms. The molecule has 0 aliphatic carbocycles. The van der Waals surface area contributed by atoms with Crippen molar-refractivity contribution in [2.75, 3.05) is 6.61 Å². The van der Waals surface area contributed by atoms with Crippen LogP contribution in [0.2, 0.25) is 0 Å². The summed E-state index contributed by atoms with van der Waals surface area (Å²) in [6, 6.07) is 7.18. The van der Waals surface area contributed by atoms with Gasteiger partial charge in [-0.1, -0.05) is 5.16 Å². The van der Waals surface area contributed by atoms with Crippen LogP contribution in [0, 0.1) is 0 Å². The molecule has 2 aromatic rings. The molecule has 6 heteroatoms. The standard InChI is InChI=1S/C12H12N2O4/c1-2-17-9-5-3-8(4-6-9)12-13-10(18-14-12)7-11(15)16/h3-6H,2,7H2,1H3,(H,15,16). The summed E-state index contributed by atoms with van der Waals surface area (Å²) < 4.78 is 10.1. The Morgan fingerprint density at radius 1 is 1.39 bits per heavy atom. The smallest absolute Gasteiger partial charge is 0.312 e. The third kappa shape index (κ3) is 2.85. The van der Waals surface area contributed by atoms with Gasteiger partial charge in [-0.2, -0.15) is 4.98 Å². The highest BCUT2D eigenvalue weighted by atomic mass is 16.5. The summed E-state index contributed by atoms with van der Waals surface area (Å²) in [5.74, 6) is 0.216. The quantitative estimate of drug-likeness (QED) is 0.867. The van der Waals surface area contributed by atoms with E-state index in [1.165, 1.54) is 0 Å². The average molecular weight is 248 g/mol. The Kier molecular flexibility index (Phi) is 3.57. The van der Waals surface area contributed by atoms with E-state index in [2.05, 4.69) is 10.1 Å². The number of carboxylic acids is 1. The molecular formula is C12H12N2O4. The monoisotopic (exact) mass is 248 g/mol. The Balaban J connectivity index is 2.15. The van der Waals surface area contributed by atoms with Gasteiger partial charge in [0.05, 0.1) is 6.61 Å². The summed E-state index contributed by atoms with van der Waals surface area (Å²) in [6.07, 6.45) is -0.274. The SMILES string of the molecule is CCOc1ccc(-c2noc(CC(=O)O)n2)cc1. The van der Waals surface area contributed by atoms with Crippen molar-refractivity contribution in [1.29, 1.82) is 0 Å². The molecule has 0 aliphatic heterocycles. The molecule has 0 aliphatic rings. The van der Waals surface area contributed by atoms with Crippen LogP contribution >= 0.6 is 0 Å². The van der Waals surface area contributed by atoms with Crippen LogP contribution in [0.25, 0.3) is 11.4 Å². The van der Waals surface area contributed by atoms with Crippen LogP contribution in [0.1, 0.15) is 12.8 Å². The molecule has 2 rings (SSSR count). The molecular weight excluding hydrogens is 236 g/mol. The van der Waals surface area contributed by atoms with E-state index in [9.17, 15) is 4.79 Å². The second-order valence-electron chi connectivity index (χ2n) is 3.54. The van der Waals surface area contributed by atoms with Crippen LogP contribution in [-0.4, -0.2) is 27.8 Å². The number of aromatic nitrogens is 2. The largest absolute Gasteiger partial charge is 0.494 e. The van der Waals surface area contributed by atoms with E-state index < -0.39 is 5.97 Å². The molecule has 1 N–H and O–H groups in total. The van der Waals surface area contributed by atoms with Crippen LogP contribution in [0.4, 0.5) is 0 Å². The number of ether oxygens (including phenoxy) is 1. The van der Waals surface area contributed by atoms with Gasteiger partial charge < -0.3 is 14.4 Å². The van der Waals surface area contributed by atoms with Gasteiger partial charge in [0.1, 0.15) is 12.2 Å². The van der Waals surface area contributed by atoms with E-state index in [4.69, 9.17) is 14.4 Å². The Hall–Kier alpha value is -2.37. The van der Waals surface area contributed by atoms with E-state index in [-0.39, 0.29) is 12.3 Å². The Bertz CT molecular complexity index is 533. The van der Waals surface area contributed by atoms with Crippen LogP contribution in [0.15, 0.2) is 28.8 Å². The minimum atomic E-state index is -1.00. The minimum Gasteiger partial charge on any atom is -0.494 e. The first-order chi connectivity index (χ1) is 8.69. The van der Waals surface area contributed by atoms with Crippen LogP contribution in [-0.2, 0) is 11.2 Å². The third-order valence-electron chi connectivity index (χ3n) is 2.19. The van der Waals surface area contributed by atoms with Gasteiger partial charge in [-0.05, 0) is 31.2 Å². The molecule has 6 nitrogen and oxygen atoms in total. The van der Waals surface area contributed by atoms with E-state index in [0.29, 0.717) is 12.4 Å². The molecule has 1 aromatic carbocycles. The van der Waals surface area contributed by atoms with Crippen molar-refractivity contribution in [3.8, 4) is 17.1 Å². The third-order valence-corrected chi connectivity index (χ3v) is 2.19. The highest BCUT2D eigenvalue weighted by molar-refractivity contribution is 5.69. The molecule has 0 atom stereocenters. The summed E-state index contributed by atoms with van der Waals surface area (Å²) in [5.41, 5.74) is 0.749. The highest BCUT2D eigenvalue weighted by Crippen LogP contribution is 2.20. The summed E-state index contributed by atoms with van der Waals surface area (Å²) in [6.45, 7) is 2.51. The van der Waals surface area contributed by atoms with E-state index in [0.717, 1.165) is 11.3 Å². The van der Waals surface area contributed by atoms with Gasteiger partial charge in [0.25, 0.3) is 0 Å². The predicted molar refractivity (Wildman–Crippen MR) is 62.2 cm³/mol. The van der Waals surface area contributed by atoms with Crippen molar-refractivity contribution in [1.82, 2.24) is 10.1 Å². The lowest BCUT2D eigenvalue weighted by molar-refractivity contribution is -0.136. The number of carbonyl (C=O) groups is 1. The van der Waals surface area contributed by atoms with Crippen molar-refractivity contribution in [3.63, 3.8) is 0 Å². The molecule has 1 aromatic heterocycles. The van der Waals surface area contributed by atoms with Crippen molar-refractivity contribution in [3.05, 3.63) is 30.2 Å². The number of aliphatic carboxylic acids is 1. The Morgan fingerprint density at radius 3 is 2.72 bits per heavy atom. The first kappa shape index (κ1) is 12.1. The van der Waals surface area contributed by atoms with E-state index in [1.807, 2.05) is 6.92 Å². The summed E-state index contributed by atoms with van der Waals surface area (Å²) in [7, 11) is 0. The van der Waals surface area contributed by atoms with Crippen LogP contribution in [0.5, 0.6) is 5.75 Å². The molecule has 0 saturated carbocycles. The van der Waals surface area contributed by atoms with Crippen LogP contribution in [0.3, 0.4) is 0 Å². The summed E-state index contributed by atoms with van der Waals surface area (Å²) in [4.78, 5) is 14.5. The number of benzene rings is 1. The second kappa shape index (κ2) is 5.31. The second-order valence-corrected chi connectivity index (χ2v) is 3.54. The highest BCUT2D eigenvalue weighted by Gasteiger charge is 2.11. The number of hydrogen-bond acceptors (Lipinski definition) is 5. The lowest BCUT2D eigenvalue weighted by Crippen LogP contribution is -1.99. The van der Waals surface area contributed by atoms with Crippen molar-refractivity contribution >= 4 is 5.97 Å². The fourth-order valence-corrected chi connectivity index (χ4v) is 1.44. The Morgan fingerprint density at radius 2 is 2.11 bits per heavy atom. The van der Waals surface area contributed by atoms with E-state index in [1.54, 1.807) is 24.3 Å². The fourth-order valence-electron chi connectivity index (χ4n) is 1.44. The number of nitrogens with zero attached hydrogens (tertiary/aromatic N) is 2. The topological polar surface area (TPSA) is 85.5 Å². The zero-order valence-corrected chi connectivity index (χ0v) is 9.79. The summed E-state index contributed by atoms with van der Waals surface area (Å²) >= 11 is 0. The lowest BCUT2D eigenvalue weighted by Gasteiger charge is -2.02. The van der Waals surface area contributed by atoms with Gasteiger partial charge in [-0.25, -0.2) is 0 Å². The van der Waals surface area contributed by atoms with Gasteiger partial charge in [0.15, 0.2) is 0 Å². The molecule has 0 spiro atoms. The van der Waals surface area contributed by atoms with Gasteiger partial charge in [-0.15, -0.1) is 0 Å². The first-order valence-corrected chi connectivity index (χ1v) is 5.46.